The van der Waals surface area contributed by atoms with E-state index < -0.39 is 5.60 Å². The van der Waals surface area contributed by atoms with Crippen LogP contribution in [-0.4, -0.2) is 78.9 Å². The minimum Gasteiger partial charge on any atom is -0.444 e. The first-order valence-corrected chi connectivity index (χ1v) is 10.8. The van der Waals surface area contributed by atoms with E-state index in [1.54, 1.807) is 4.90 Å². The van der Waals surface area contributed by atoms with E-state index in [-0.39, 0.29) is 36.1 Å². The van der Waals surface area contributed by atoms with E-state index in [9.17, 15) is 4.79 Å². The molecule has 1 fully saturated rings. The van der Waals surface area contributed by atoms with Crippen molar-refractivity contribution < 1.29 is 14.3 Å². The first-order chi connectivity index (χ1) is 13.2. The van der Waals surface area contributed by atoms with E-state index in [1.165, 1.54) is 0 Å². The van der Waals surface area contributed by atoms with Crippen LogP contribution in [-0.2, 0) is 9.47 Å². The summed E-state index contributed by atoms with van der Waals surface area (Å²) in [7, 11) is 0. The number of carbonyl (C=O) groups is 1. The maximum absolute atomic E-state index is 12.4. The number of nitrogens with one attached hydrogen (secondary N) is 1. The van der Waals surface area contributed by atoms with Crippen LogP contribution in [0.4, 0.5) is 4.79 Å². The molecular weight excluding hydrogens is 483 g/mol. The van der Waals surface area contributed by atoms with Gasteiger partial charge in [0, 0.05) is 45.4 Å². The van der Waals surface area contributed by atoms with Crippen molar-refractivity contribution in [1.82, 2.24) is 15.1 Å². The molecule has 0 aromatic carbocycles. The third-order valence-corrected chi connectivity index (χ3v) is 4.55. The number of aliphatic imine (C=N–C) groups is 1. The van der Waals surface area contributed by atoms with E-state index in [0.717, 1.165) is 51.5 Å². The number of carbonyl (C=O) groups excluding carboxylic acids is 1. The van der Waals surface area contributed by atoms with Crippen molar-refractivity contribution in [3.8, 4) is 0 Å². The monoisotopic (exact) mass is 526 g/mol. The molecule has 0 unspecified atom stereocenters. The molecule has 1 N–H and O–H groups in total. The molecule has 7 nitrogen and oxygen atoms in total. The average Bonchev–Trinajstić information content (AvgIpc) is 2.59. The highest BCUT2D eigenvalue weighted by molar-refractivity contribution is 14.0. The van der Waals surface area contributed by atoms with Crippen molar-refractivity contribution in [1.29, 1.82) is 0 Å². The molecule has 1 heterocycles. The lowest BCUT2D eigenvalue weighted by molar-refractivity contribution is 0.0190. The molecule has 1 amide bonds. The first kappa shape index (κ1) is 28.2. The van der Waals surface area contributed by atoms with Crippen LogP contribution in [0.15, 0.2) is 4.99 Å². The van der Waals surface area contributed by atoms with Gasteiger partial charge in [0.15, 0.2) is 5.96 Å². The van der Waals surface area contributed by atoms with Gasteiger partial charge >= 0.3 is 6.09 Å². The van der Waals surface area contributed by atoms with E-state index in [2.05, 4.69) is 24.1 Å². The Kier molecular flexibility index (Phi) is 13.9. The third kappa shape index (κ3) is 11.3. The van der Waals surface area contributed by atoms with Gasteiger partial charge in [-0.15, -0.1) is 24.0 Å². The van der Waals surface area contributed by atoms with Crippen LogP contribution in [0.5, 0.6) is 0 Å². The van der Waals surface area contributed by atoms with Crippen LogP contribution < -0.4 is 5.32 Å². The molecule has 0 radical (unpaired) electrons. The average molecular weight is 527 g/mol. The third-order valence-electron chi connectivity index (χ3n) is 4.55. The number of hydrogen-bond acceptors (Lipinski definition) is 4. The summed E-state index contributed by atoms with van der Waals surface area (Å²) in [6.07, 6.45) is 3.01. The largest absolute Gasteiger partial charge is 0.444 e. The number of nitrogens with zero attached hydrogens (tertiary/aromatic N) is 3. The van der Waals surface area contributed by atoms with E-state index >= 15 is 0 Å². The normalized spacial score (nSPS) is 15.9. The molecule has 29 heavy (non-hydrogen) atoms. The highest BCUT2D eigenvalue weighted by Crippen LogP contribution is 2.14. The van der Waals surface area contributed by atoms with Gasteiger partial charge in [0.25, 0.3) is 0 Å². The standard InChI is InChI=1S/C21H42N4O3.HI/c1-8-22-19(24-15-11-18(12-16-24)27-9-2)23-13-10-14-25(17(3)4)20(26)28-21(5,6)7;/h17-18H,8-16H2,1-7H3,(H,22,23);1H. The molecule has 0 aliphatic carbocycles. The lowest BCUT2D eigenvalue weighted by Gasteiger charge is -2.34. The van der Waals surface area contributed by atoms with Crippen LogP contribution in [0.3, 0.4) is 0 Å². The summed E-state index contributed by atoms with van der Waals surface area (Å²) in [6, 6.07) is 0.102. The zero-order valence-electron chi connectivity index (χ0n) is 19.5. The van der Waals surface area contributed by atoms with Gasteiger partial charge < -0.3 is 24.6 Å². The van der Waals surface area contributed by atoms with Crippen molar-refractivity contribution in [3.05, 3.63) is 0 Å². The molecule has 0 aromatic rings. The summed E-state index contributed by atoms with van der Waals surface area (Å²) >= 11 is 0. The summed E-state index contributed by atoms with van der Waals surface area (Å²) in [6.45, 7) is 18.7. The van der Waals surface area contributed by atoms with E-state index in [1.807, 2.05) is 34.6 Å². The number of rotatable bonds is 8. The van der Waals surface area contributed by atoms with Crippen molar-refractivity contribution in [2.24, 2.45) is 4.99 Å². The lowest BCUT2D eigenvalue weighted by atomic mass is 10.1. The van der Waals surface area contributed by atoms with Crippen LogP contribution in [0.25, 0.3) is 0 Å². The van der Waals surface area contributed by atoms with Gasteiger partial charge in [0.05, 0.1) is 6.10 Å². The number of hydrogen-bond donors (Lipinski definition) is 1. The molecule has 0 bridgehead atoms. The molecule has 0 saturated carbocycles. The fourth-order valence-electron chi connectivity index (χ4n) is 3.20. The van der Waals surface area contributed by atoms with Gasteiger partial charge in [0.2, 0.25) is 0 Å². The van der Waals surface area contributed by atoms with Crippen LogP contribution >= 0.6 is 24.0 Å². The Hall–Kier alpha value is -0.770. The van der Waals surface area contributed by atoms with E-state index in [0.29, 0.717) is 19.2 Å². The Morgan fingerprint density at radius 1 is 1.24 bits per heavy atom. The summed E-state index contributed by atoms with van der Waals surface area (Å²) in [5.74, 6) is 0.964. The van der Waals surface area contributed by atoms with Gasteiger partial charge in [-0.25, -0.2) is 4.79 Å². The molecule has 8 heteroatoms. The SMILES string of the molecule is CCNC(=NCCCN(C(=O)OC(C)(C)C)C(C)C)N1CCC(OCC)CC1.I. The van der Waals surface area contributed by atoms with E-state index in [4.69, 9.17) is 14.5 Å². The summed E-state index contributed by atoms with van der Waals surface area (Å²) < 4.78 is 11.3. The van der Waals surface area contributed by atoms with Gasteiger partial charge in [0.1, 0.15) is 5.60 Å². The molecule has 1 aliphatic rings. The van der Waals surface area contributed by atoms with Gasteiger partial charge in [-0.05, 0) is 67.7 Å². The highest BCUT2D eigenvalue weighted by atomic mass is 127. The smallest absolute Gasteiger partial charge is 0.410 e. The summed E-state index contributed by atoms with van der Waals surface area (Å²) in [4.78, 5) is 21.3. The first-order valence-electron chi connectivity index (χ1n) is 10.8. The minimum atomic E-state index is -0.478. The Bertz CT molecular complexity index is 487. The van der Waals surface area contributed by atoms with Crippen LogP contribution in [0.1, 0.15) is 67.7 Å². The predicted molar refractivity (Wildman–Crippen MR) is 130 cm³/mol. The number of piperidine rings is 1. The fourth-order valence-corrected chi connectivity index (χ4v) is 3.20. The zero-order chi connectivity index (χ0) is 21.2. The Morgan fingerprint density at radius 2 is 1.86 bits per heavy atom. The Labute approximate surface area is 195 Å². The van der Waals surface area contributed by atoms with Crippen LogP contribution in [0.2, 0.25) is 0 Å². The maximum atomic E-state index is 12.4. The van der Waals surface area contributed by atoms with Crippen molar-refractivity contribution in [3.63, 3.8) is 0 Å². The number of halogens is 1. The molecule has 0 spiro atoms. The van der Waals surface area contributed by atoms with Gasteiger partial charge in [-0.3, -0.25) is 4.99 Å². The quantitative estimate of drug-likeness (QED) is 0.223. The second-order valence-corrected chi connectivity index (χ2v) is 8.50. The van der Waals surface area contributed by atoms with Crippen molar-refractivity contribution in [2.75, 3.05) is 39.3 Å². The molecule has 172 valence electrons. The van der Waals surface area contributed by atoms with Crippen molar-refractivity contribution in [2.45, 2.75) is 85.5 Å². The van der Waals surface area contributed by atoms with Crippen LogP contribution in [0, 0.1) is 0 Å². The second kappa shape index (κ2) is 14.3. The second-order valence-electron chi connectivity index (χ2n) is 8.50. The Balaban J connectivity index is 0.00000784. The number of likely N-dealkylation sites (tertiary alicyclic amines) is 1. The number of amides is 1. The van der Waals surface area contributed by atoms with Gasteiger partial charge in [-0.2, -0.15) is 0 Å². The summed E-state index contributed by atoms with van der Waals surface area (Å²) in [5.41, 5.74) is -0.478. The molecule has 0 atom stereocenters. The minimum absolute atomic E-state index is 0. The lowest BCUT2D eigenvalue weighted by Crippen LogP contribution is -2.47. The maximum Gasteiger partial charge on any atom is 0.410 e. The topological polar surface area (TPSA) is 66.4 Å². The fraction of sp³-hybridized carbons (Fsp3) is 0.905. The number of guanidine groups is 1. The molecule has 0 aromatic heterocycles. The number of ether oxygens (including phenoxy) is 2. The zero-order valence-corrected chi connectivity index (χ0v) is 21.8. The molecule has 1 rings (SSSR count). The highest BCUT2D eigenvalue weighted by Gasteiger charge is 2.24. The summed E-state index contributed by atoms with van der Waals surface area (Å²) in [5, 5.41) is 3.39. The van der Waals surface area contributed by atoms with Crippen molar-refractivity contribution >= 4 is 36.0 Å². The molecule has 1 saturated heterocycles. The molecular formula is C21H43IN4O3. The van der Waals surface area contributed by atoms with Gasteiger partial charge in [-0.1, -0.05) is 0 Å². The molecule has 1 aliphatic heterocycles. The predicted octanol–water partition coefficient (Wildman–Crippen LogP) is 4.11. The Morgan fingerprint density at radius 3 is 2.34 bits per heavy atom.